The number of fused-ring (bicyclic) bond motifs is 14. The second-order valence-electron chi connectivity index (χ2n) is 13.2. The molecule has 0 N–H and O–H groups in total. The van der Waals surface area contributed by atoms with Crippen LogP contribution < -0.4 is 4.74 Å². The molecule has 2 aliphatic carbocycles. The van der Waals surface area contributed by atoms with Crippen LogP contribution in [0.5, 0.6) is 11.5 Å². The molecule has 1 atom stereocenters. The minimum atomic E-state index is -0.382. The van der Waals surface area contributed by atoms with E-state index in [0.717, 1.165) is 11.5 Å². The molecule has 1 spiro atoms. The van der Waals surface area contributed by atoms with Gasteiger partial charge in [0.1, 0.15) is 11.5 Å². The molecular formula is C44H30O. The van der Waals surface area contributed by atoms with E-state index in [1.54, 1.807) is 0 Å². The smallest absolute Gasteiger partial charge is 0.131 e. The summed E-state index contributed by atoms with van der Waals surface area (Å²) in [4.78, 5) is 0. The summed E-state index contributed by atoms with van der Waals surface area (Å²) in [6.07, 6.45) is 0. The van der Waals surface area contributed by atoms with E-state index in [9.17, 15) is 0 Å². The van der Waals surface area contributed by atoms with Gasteiger partial charge in [0.15, 0.2) is 0 Å². The first-order chi connectivity index (χ1) is 22.1. The molecule has 0 bridgehead atoms. The fourth-order valence-corrected chi connectivity index (χ4v) is 8.81. The molecule has 45 heavy (non-hydrogen) atoms. The van der Waals surface area contributed by atoms with Crippen molar-refractivity contribution in [1.29, 1.82) is 0 Å². The molecule has 0 saturated heterocycles. The van der Waals surface area contributed by atoms with Crippen molar-refractivity contribution in [3.8, 4) is 44.9 Å². The van der Waals surface area contributed by atoms with Crippen LogP contribution >= 0.6 is 0 Å². The predicted octanol–water partition coefficient (Wildman–Crippen LogP) is 11.3. The third-order valence-electron chi connectivity index (χ3n) is 10.7. The van der Waals surface area contributed by atoms with Crippen molar-refractivity contribution in [2.24, 2.45) is 0 Å². The Morgan fingerprint density at radius 2 is 1.02 bits per heavy atom. The molecule has 212 valence electrons. The van der Waals surface area contributed by atoms with Gasteiger partial charge in [-0.1, -0.05) is 141 Å². The van der Waals surface area contributed by atoms with Crippen LogP contribution in [-0.4, -0.2) is 0 Å². The van der Waals surface area contributed by atoms with Crippen molar-refractivity contribution >= 4 is 10.8 Å². The van der Waals surface area contributed by atoms with Gasteiger partial charge in [-0.05, 0) is 84.6 Å². The fraction of sp³-hybridized carbons (Fsp3) is 0.0909. The zero-order valence-electron chi connectivity index (χ0n) is 25.3. The van der Waals surface area contributed by atoms with Crippen LogP contribution in [0.15, 0.2) is 146 Å². The summed E-state index contributed by atoms with van der Waals surface area (Å²) in [5.74, 6) is 1.89. The summed E-state index contributed by atoms with van der Waals surface area (Å²) in [7, 11) is 0. The minimum Gasteiger partial charge on any atom is -0.457 e. The van der Waals surface area contributed by atoms with Gasteiger partial charge >= 0.3 is 0 Å². The van der Waals surface area contributed by atoms with Gasteiger partial charge in [0, 0.05) is 16.5 Å². The topological polar surface area (TPSA) is 9.23 Å². The van der Waals surface area contributed by atoms with Gasteiger partial charge in [0.05, 0.1) is 5.41 Å². The van der Waals surface area contributed by atoms with Crippen LogP contribution in [-0.2, 0) is 10.8 Å². The van der Waals surface area contributed by atoms with Crippen LogP contribution in [0.2, 0.25) is 0 Å². The second kappa shape index (κ2) is 8.61. The lowest BCUT2D eigenvalue weighted by Crippen LogP contribution is -2.25. The molecular weight excluding hydrogens is 544 g/mol. The van der Waals surface area contributed by atoms with Crippen molar-refractivity contribution in [3.63, 3.8) is 0 Å². The van der Waals surface area contributed by atoms with Crippen LogP contribution in [0, 0.1) is 0 Å². The average molecular weight is 575 g/mol. The SMILES string of the molecule is CC1(C)c2ccccc2Oc2ccc(-c3cccc4c3-c3ccccc3C43c4ccccc4-c4c3ccc3ccccc43)cc21. The Morgan fingerprint density at radius 1 is 0.422 bits per heavy atom. The lowest BCUT2D eigenvalue weighted by Gasteiger charge is -2.35. The molecule has 7 aromatic rings. The zero-order valence-corrected chi connectivity index (χ0v) is 25.3. The van der Waals surface area contributed by atoms with Crippen LogP contribution in [0.1, 0.15) is 47.2 Å². The van der Waals surface area contributed by atoms with E-state index in [4.69, 9.17) is 4.74 Å². The van der Waals surface area contributed by atoms with Crippen LogP contribution in [0.3, 0.4) is 0 Å². The molecule has 0 amide bonds. The van der Waals surface area contributed by atoms with E-state index in [2.05, 4.69) is 159 Å². The molecule has 1 nitrogen and oxygen atoms in total. The second-order valence-corrected chi connectivity index (χ2v) is 13.2. The molecule has 3 aliphatic rings. The molecule has 0 radical (unpaired) electrons. The highest BCUT2D eigenvalue weighted by atomic mass is 16.5. The first-order valence-electron chi connectivity index (χ1n) is 15.9. The fourth-order valence-electron chi connectivity index (χ4n) is 8.81. The van der Waals surface area contributed by atoms with Crippen molar-refractivity contribution in [2.45, 2.75) is 24.7 Å². The summed E-state index contributed by atoms with van der Waals surface area (Å²) in [6, 6.07) is 53.9. The highest BCUT2D eigenvalue weighted by molar-refractivity contribution is 6.07. The van der Waals surface area contributed by atoms with Gasteiger partial charge in [-0.3, -0.25) is 0 Å². The standard InChI is InChI=1S/C44H30O/c1-43(2)35-19-9-10-21-39(35)45-40-25-23-28(26-38(40)43)30-16-11-20-36-42(30)32-15-6-8-18-34(32)44(36)33-17-7-5-14-31(33)41-29-13-4-3-12-27(29)22-24-37(41)44/h3-26H,1-2H3. The molecule has 1 unspecified atom stereocenters. The third kappa shape index (κ3) is 3.03. The van der Waals surface area contributed by atoms with Gasteiger partial charge in [-0.2, -0.15) is 0 Å². The van der Waals surface area contributed by atoms with E-state index >= 15 is 0 Å². The van der Waals surface area contributed by atoms with Crippen molar-refractivity contribution < 1.29 is 4.74 Å². The number of benzene rings is 7. The molecule has 0 saturated carbocycles. The van der Waals surface area contributed by atoms with Gasteiger partial charge < -0.3 is 4.74 Å². The maximum atomic E-state index is 6.44. The van der Waals surface area contributed by atoms with Crippen LogP contribution in [0.4, 0.5) is 0 Å². The molecule has 1 heteroatoms. The Balaban J connectivity index is 1.27. The quantitative estimate of drug-likeness (QED) is 0.189. The van der Waals surface area contributed by atoms with E-state index in [1.165, 1.54) is 77.5 Å². The number of para-hydroxylation sites is 1. The van der Waals surface area contributed by atoms with Crippen molar-refractivity contribution in [3.05, 3.63) is 179 Å². The number of ether oxygens (including phenoxy) is 1. The van der Waals surface area contributed by atoms with E-state index in [0.29, 0.717) is 0 Å². The largest absolute Gasteiger partial charge is 0.457 e. The Hall–Kier alpha value is -5.40. The first kappa shape index (κ1) is 25.0. The lowest BCUT2D eigenvalue weighted by molar-refractivity contribution is 0.418. The Bertz CT molecular complexity index is 2390. The lowest BCUT2D eigenvalue weighted by atomic mass is 9.70. The van der Waals surface area contributed by atoms with Gasteiger partial charge in [-0.15, -0.1) is 0 Å². The van der Waals surface area contributed by atoms with Gasteiger partial charge in [0.2, 0.25) is 0 Å². The molecule has 10 rings (SSSR count). The maximum Gasteiger partial charge on any atom is 0.131 e. The van der Waals surface area contributed by atoms with E-state index < -0.39 is 0 Å². The molecule has 1 heterocycles. The molecule has 7 aromatic carbocycles. The molecule has 1 aliphatic heterocycles. The monoisotopic (exact) mass is 574 g/mol. The summed E-state index contributed by atoms with van der Waals surface area (Å²) < 4.78 is 6.44. The van der Waals surface area contributed by atoms with E-state index in [1.807, 2.05) is 0 Å². The first-order valence-corrected chi connectivity index (χ1v) is 15.9. The zero-order chi connectivity index (χ0) is 29.9. The summed E-state index contributed by atoms with van der Waals surface area (Å²) in [5, 5.41) is 2.60. The predicted molar refractivity (Wildman–Crippen MR) is 184 cm³/mol. The highest BCUT2D eigenvalue weighted by Gasteiger charge is 2.52. The maximum absolute atomic E-state index is 6.44. The van der Waals surface area contributed by atoms with Gasteiger partial charge in [0.25, 0.3) is 0 Å². The normalized spacial score (nSPS) is 17.6. The van der Waals surface area contributed by atoms with Crippen molar-refractivity contribution in [1.82, 2.24) is 0 Å². The van der Waals surface area contributed by atoms with Crippen molar-refractivity contribution in [2.75, 3.05) is 0 Å². The summed E-state index contributed by atoms with van der Waals surface area (Å²) in [5.41, 5.74) is 15.2. The highest BCUT2D eigenvalue weighted by Crippen LogP contribution is 2.65. The third-order valence-corrected chi connectivity index (χ3v) is 10.7. The summed E-state index contributed by atoms with van der Waals surface area (Å²) >= 11 is 0. The average Bonchev–Trinajstić information content (AvgIpc) is 3.56. The van der Waals surface area contributed by atoms with Gasteiger partial charge in [-0.25, -0.2) is 0 Å². The minimum absolute atomic E-state index is 0.179. The number of hydrogen-bond donors (Lipinski definition) is 0. The molecule has 0 aromatic heterocycles. The Kier molecular flexibility index (Phi) is 4.78. The summed E-state index contributed by atoms with van der Waals surface area (Å²) in [6.45, 7) is 4.63. The Morgan fingerprint density at radius 3 is 1.84 bits per heavy atom. The Labute approximate surface area is 263 Å². The number of hydrogen-bond acceptors (Lipinski definition) is 1. The van der Waals surface area contributed by atoms with Crippen LogP contribution in [0.25, 0.3) is 44.2 Å². The number of rotatable bonds is 1. The molecule has 0 fully saturated rings. The van der Waals surface area contributed by atoms with E-state index in [-0.39, 0.29) is 10.8 Å².